The monoisotopic (exact) mass is 398 g/mol. The summed E-state index contributed by atoms with van der Waals surface area (Å²) >= 11 is 1.33. The second-order valence-corrected chi connectivity index (χ2v) is 7.89. The molecule has 0 fully saturated rings. The Morgan fingerprint density at radius 3 is 2.50 bits per heavy atom. The van der Waals surface area contributed by atoms with Crippen LogP contribution in [-0.4, -0.2) is 35.7 Å². The Kier molecular flexibility index (Phi) is 6.36. The fraction of sp³-hybridized carbons (Fsp3) is 0.286. The van der Waals surface area contributed by atoms with Crippen molar-refractivity contribution in [2.75, 3.05) is 16.8 Å². The number of ether oxygens (including phenoxy) is 1. The average Bonchev–Trinajstić information content (AvgIpc) is 2.67. The third kappa shape index (κ3) is 4.72. The summed E-state index contributed by atoms with van der Waals surface area (Å²) in [5.41, 5.74) is 1.49. The van der Waals surface area contributed by atoms with Crippen LogP contribution in [0.4, 0.5) is 11.4 Å². The zero-order chi connectivity index (χ0) is 20.1. The van der Waals surface area contributed by atoms with Crippen LogP contribution in [0.3, 0.4) is 0 Å². The number of amides is 2. The lowest BCUT2D eigenvalue weighted by molar-refractivity contribution is -0.148. The van der Waals surface area contributed by atoms with E-state index in [1.807, 2.05) is 68.4 Å². The van der Waals surface area contributed by atoms with Gasteiger partial charge in [0.2, 0.25) is 5.91 Å². The number of carbonyl (C=O) groups excluding carboxylic acids is 3. The number of esters is 1. The van der Waals surface area contributed by atoms with E-state index in [0.29, 0.717) is 0 Å². The number of nitrogens with zero attached hydrogens (tertiary/aromatic N) is 1. The Labute approximate surface area is 168 Å². The molecule has 1 atom stereocenters. The predicted octanol–water partition coefficient (Wildman–Crippen LogP) is 3.47. The first-order valence-corrected chi connectivity index (χ1v) is 9.93. The van der Waals surface area contributed by atoms with Gasteiger partial charge in [0.05, 0.1) is 17.4 Å². The third-order valence-corrected chi connectivity index (χ3v) is 5.51. The Morgan fingerprint density at radius 2 is 1.79 bits per heavy atom. The third-order valence-electron chi connectivity index (χ3n) is 4.23. The van der Waals surface area contributed by atoms with E-state index in [0.717, 1.165) is 16.3 Å². The van der Waals surface area contributed by atoms with Crippen LogP contribution in [0, 0.1) is 0 Å². The lowest BCUT2D eigenvalue weighted by Gasteiger charge is -2.27. The van der Waals surface area contributed by atoms with E-state index >= 15 is 0 Å². The summed E-state index contributed by atoms with van der Waals surface area (Å²) in [6.45, 7) is 3.43. The fourth-order valence-corrected chi connectivity index (χ4v) is 4.06. The fourth-order valence-electron chi connectivity index (χ4n) is 2.97. The van der Waals surface area contributed by atoms with Gasteiger partial charge in [-0.3, -0.25) is 14.4 Å². The van der Waals surface area contributed by atoms with Gasteiger partial charge < -0.3 is 15.0 Å². The number of anilines is 2. The number of benzene rings is 2. The van der Waals surface area contributed by atoms with Gasteiger partial charge in [-0.2, -0.15) is 0 Å². The van der Waals surface area contributed by atoms with Crippen molar-refractivity contribution in [3.63, 3.8) is 0 Å². The maximum absolute atomic E-state index is 12.6. The second-order valence-electron chi connectivity index (χ2n) is 6.65. The molecule has 3 rings (SSSR count). The van der Waals surface area contributed by atoms with Crippen LogP contribution in [0.2, 0.25) is 0 Å². The summed E-state index contributed by atoms with van der Waals surface area (Å²) in [5.74, 6) is -1.11. The molecule has 0 aromatic heterocycles. The molecule has 0 unspecified atom stereocenters. The normalized spacial score (nSPS) is 15.5. The molecule has 0 bridgehead atoms. The van der Waals surface area contributed by atoms with Gasteiger partial charge >= 0.3 is 5.97 Å². The van der Waals surface area contributed by atoms with Crippen molar-refractivity contribution in [1.29, 1.82) is 0 Å². The molecule has 1 N–H and O–H groups in total. The van der Waals surface area contributed by atoms with Crippen LogP contribution in [0.5, 0.6) is 0 Å². The number of hydrogen-bond donors (Lipinski definition) is 1. The van der Waals surface area contributed by atoms with Crippen molar-refractivity contribution in [2.45, 2.75) is 36.5 Å². The zero-order valence-corrected chi connectivity index (χ0v) is 16.6. The van der Waals surface area contributed by atoms with Crippen molar-refractivity contribution >= 4 is 40.9 Å². The van der Waals surface area contributed by atoms with Crippen LogP contribution >= 0.6 is 11.8 Å². The predicted molar refractivity (Wildman–Crippen MR) is 109 cm³/mol. The Hall–Kier alpha value is -2.80. The lowest BCUT2D eigenvalue weighted by atomic mass is 10.2. The Balaban J connectivity index is 1.56. The number of carbonyl (C=O) groups is 3. The van der Waals surface area contributed by atoms with Crippen LogP contribution < -0.4 is 10.2 Å². The quantitative estimate of drug-likeness (QED) is 0.754. The number of nitrogens with one attached hydrogen (secondary N) is 1. The maximum atomic E-state index is 12.6. The first kappa shape index (κ1) is 19.9. The van der Waals surface area contributed by atoms with E-state index in [9.17, 15) is 14.4 Å². The van der Waals surface area contributed by atoms with Crippen molar-refractivity contribution in [2.24, 2.45) is 0 Å². The minimum atomic E-state index is -0.576. The Morgan fingerprint density at radius 1 is 1.11 bits per heavy atom. The molecular weight excluding hydrogens is 376 g/mol. The number of rotatable bonds is 6. The largest absolute Gasteiger partial charge is 0.456 e. The van der Waals surface area contributed by atoms with Crippen LogP contribution in [0.15, 0.2) is 59.5 Å². The SMILES string of the molecule is CC(C)N(C(=O)COC(=O)C[C@H]1Sc2ccccc2NC1=O)c1ccccc1. The Bertz CT molecular complexity index is 870. The highest BCUT2D eigenvalue weighted by Crippen LogP contribution is 2.36. The van der Waals surface area contributed by atoms with Crippen LogP contribution in [0.1, 0.15) is 20.3 Å². The highest BCUT2D eigenvalue weighted by molar-refractivity contribution is 8.01. The minimum Gasteiger partial charge on any atom is -0.456 e. The van der Waals surface area contributed by atoms with E-state index < -0.39 is 11.2 Å². The number of para-hydroxylation sites is 2. The highest BCUT2D eigenvalue weighted by Gasteiger charge is 2.30. The summed E-state index contributed by atoms with van der Waals surface area (Å²) in [7, 11) is 0. The summed E-state index contributed by atoms with van der Waals surface area (Å²) in [6.07, 6.45) is -0.0921. The van der Waals surface area contributed by atoms with Crippen LogP contribution in [0.25, 0.3) is 0 Å². The molecule has 0 aliphatic carbocycles. The molecule has 1 aliphatic heterocycles. The summed E-state index contributed by atoms with van der Waals surface area (Å²) < 4.78 is 5.17. The van der Waals surface area contributed by atoms with Crippen LogP contribution in [-0.2, 0) is 19.1 Å². The van der Waals surface area contributed by atoms with E-state index in [2.05, 4.69) is 5.32 Å². The molecule has 1 heterocycles. The molecule has 2 aromatic rings. The molecule has 0 saturated heterocycles. The first-order valence-electron chi connectivity index (χ1n) is 9.05. The van der Waals surface area contributed by atoms with E-state index in [1.54, 1.807) is 4.90 Å². The standard InChI is InChI=1S/C21H22N2O4S/c1-14(2)23(15-8-4-3-5-9-15)19(24)13-27-20(25)12-18-21(26)22-16-10-6-7-11-17(16)28-18/h3-11,14,18H,12-13H2,1-2H3,(H,22,26)/t18-/m1/s1. The van der Waals surface area contributed by atoms with Gasteiger partial charge in [-0.15, -0.1) is 11.8 Å². The molecule has 0 spiro atoms. The molecule has 7 heteroatoms. The van der Waals surface area contributed by atoms with E-state index in [4.69, 9.17) is 4.74 Å². The van der Waals surface area contributed by atoms with Gasteiger partial charge in [-0.25, -0.2) is 0 Å². The highest BCUT2D eigenvalue weighted by atomic mass is 32.2. The van der Waals surface area contributed by atoms with Gasteiger partial charge in [0.15, 0.2) is 6.61 Å². The molecule has 2 aromatic carbocycles. The van der Waals surface area contributed by atoms with Gasteiger partial charge in [-0.05, 0) is 38.1 Å². The minimum absolute atomic E-state index is 0.0789. The molecule has 0 saturated carbocycles. The molecule has 28 heavy (non-hydrogen) atoms. The summed E-state index contributed by atoms with van der Waals surface area (Å²) in [4.78, 5) is 39.5. The zero-order valence-electron chi connectivity index (χ0n) is 15.8. The average molecular weight is 398 g/mol. The van der Waals surface area contributed by atoms with Gasteiger partial charge in [0.25, 0.3) is 5.91 Å². The topological polar surface area (TPSA) is 75.7 Å². The van der Waals surface area contributed by atoms with Gasteiger partial charge in [-0.1, -0.05) is 30.3 Å². The molecule has 2 amide bonds. The number of fused-ring (bicyclic) bond motifs is 1. The first-order chi connectivity index (χ1) is 13.5. The van der Waals surface area contributed by atoms with E-state index in [-0.39, 0.29) is 30.9 Å². The number of thioether (sulfide) groups is 1. The second kappa shape index (κ2) is 8.93. The maximum Gasteiger partial charge on any atom is 0.307 e. The van der Waals surface area contributed by atoms with Crippen molar-refractivity contribution in [1.82, 2.24) is 0 Å². The molecule has 0 radical (unpaired) electrons. The van der Waals surface area contributed by atoms with Crippen molar-refractivity contribution in [3.8, 4) is 0 Å². The van der Waals surface area contributed by atoms with Gasteiger partial charge in [0, 0.05) is 16.6 Å². The lowest BCUT2D eigenvalue weighted by Crippen LogP contribution is -2.40. The van der Waals surface area contributed by atoms with E-state index in [1.165, 1.54) is 11.8 Å². The molecule has 1 aliphatic rings. The van der Waals surface area contributed by atoms with Gasteiger partial charge in [0.1, 0.15) is 0 Å². The summed E-state index contributed by atoms with van der Waals surface area (Å²) in [5, 5.41) is 2.22. The molecule has 146 valence electrons. The summed E-state index contributed by atoms with van der Waals surface area (Å²) in [6, 6.07) is 16.6. The smallest absolute Gasteiger partial charge is 0.307 e. The van der Waals surface area contributed by atoms with Crippen molar-refractivity contribution in [3.05, 3.63) is 54.6 Å². The molecule has 6 nitrogen and oxygen atoms in total. The number of hydrogen-bond acceptors (Lipinski definition) is 5. The van der Waals surface area contributed by atoms with Crippen molar-refractivity contribution < 1.29 is 19.1 Å². The molecular formula is C21H22N2O4S.